The molecule has 0 unspecified atom stereocenters. The molecule has 27 heavy (non-hydrogen) atoms. The maximum absolute atomic E-state index is 13.9. The maximum Gasteiger partial charge on any atom is 0.272 e. The van der Waals surface area contributed by atoms with Gasteiger partial charge in [0.1, 0.15) is 11.6 Å². The van der Waals surface area contributed by atoms with E-state index >= 15 is 0 Å². The first-order chi connectivity index (χ1) is 13.0. The fourth-order valence-electron chi connectivity index (χ4n) is 2.20. The number of nitrogens with one attached hydrogen (secondary N) is 2. The lowest BCUT2D eigenvalue weighted by molar-refractivity contribution is 0.0844. The van der Waals surface area contributed by atoms with Crippen molar-refractivity contribution in [2.45, 2.75) is 13.3 Å². The number of ether oxygens (including phenoxy) is 3. The smallest absolute Gasteiger partial charge is 0.272 e. The summed E-state index contributed by atoms with van der Waals surface area (Å²) in [4.78, 5) is 24.3. The summed E-state index contributed by atoms with van der Waals surface area (Å²) in [5.41, 5.74) is 4.42. The summed E-state index contributed by atoms with van der Waals surface area (Å²) in [5, 5.41) is 0. The molecule has 0 radical (unpaired) electrons. The summed E-state index contributed by atoms with van der Waals surface area (Å²) in [7, 11) is 2.85. The third-order valence-corrected chi connectivity index (χ3v) is 3.60. The van der Waals surface area contributed by atoms with Gasteiger partial charge in [0.05, 0.1) is 26.4 Å². The van der Waals surface area contributed by atoms with Crippen LogP contribution in [0.15, 0.2) is 36.4 Å². The maximum atomic E-state index is 13.9. The van der Waals surface area contributed by atoms with Crippen LogP contribution >= 0.6 is 0 Å². The van der Waals surface area contributed by atoms with Crippen LogP contribution in [0.4, 0.5) is 4.39 Å². The van der Waals surface area contributed by atoms with Gasteiger partial charge in [0.15, 0.2) is 11.5 Å². The second-order valence-corrected chi connectivity index (χ2v) is 5.47. The van der Waals surface area contributed by atoms with E-state index in [1.165, 1.54) is 38.5 Å². The van der Waals surface area contributed by atoms with Crippen LogP contribution in [0.5, 0.6) is 17.2 Å². The number of hydrogen-bond acceptors (Lipinski definition) is 5. The second-order valence-electron chi connectivity index (χ2n) is 5.47. The number of hydrazine groups is 1. The molecule has 0 aliphatic heterocycles. The summed E-state index contributed by atoms with van der Waals surface area (Å²) in [6.07, 6.45) is 0.833. The molecule has 0 aliphatic carbocycles. The Bertz CT molecular complexity index is 826. The topological polar surface area (TPSA) is 85.9 Å². The molecule has 144 valence electrons. The predicted octanol–water partition coefficient (Wildman–Crippen LogP) is 2.71. The zero-order valence-corrected chi connectivity index (χ0v) is 15.3. The van der Waals surface area contributed by atoms with Crippen LogP contribution in [0.3, 0.4) is 0 Å². The van der Waals surface area contributed by atoms with Gasteiger partial charge in [-0.1, -0.05) is 6.92 Å². The van der Waals surface area contributed by atoms with Crippen molar-refractivity contribution in [1.29, 1.82) is 0 Å². The normalized spacial score (nSPS) is 10.1. The van der Waals surface area contributed by atoms with Crippen LogP contribution in [-0.4, -0.2) is 32.6 Å². The van der Waals surface area contributed by atoms with Crippen molar-refractivity contribution in [1.82, 2.24) is 10.9 Å². The Morgan fingerprint density at radius 3 is 2.33 bits per heavy atom. The highest BCUT2D eigenvalue weighted by Gasteiger charge is 2.15. The van der Waals surface area contributed by atoms with Crippen molar-refractivity contribution in [2.24, 2.45) is 0 Å². The molecule has 0 spiro atoms. The van der Waals surface area contributed by atoms with Crippen LogP contribution in [-0.2, 0) is 0 Å². The molecule has 8 heteroatoms. The summed E-state index contributed by atoms with van der Waals surface area (Å²) in [5.74, 6) is -0.953. The molecule has 0 atom stereocenters. The van der Waals surface area contributed by atoms with Gasteiger partial charge in [-0.15, -0.1) is 0 Å². The van der Waals surface area contributed by atoms with Gasteiger partial charge in [-0.25, -0.2) is 4.39 Å². The largest absolute Gasteiger partial charge is 0.497 e. The second kappa shape index (κ2) is 9.42. The minimum atomic E-state index is -0.793. The number of hydrogen-bond donors (Lipinski definition) is 2. The Hall–Kier alpha value is -3.29. The Balaban J connectivity index is 2.03. The van der Waals surface area contributed by atoms with Gasteiger partial charge in [0, 0.05) is 11.6 Å². The van der Waals surface area contributed by atoms with Crippen LogP contribution in [0.1, 0.15) is 34.1 Å². The minimum absolute atomic E-state index is 0.225. The summed E-state index contributed by atoms with van der Waals surface area (Å²) < 4.78 is 29.5. The molecule has 2 rings (SSSR count). The van der Waals surface area contributed by atoms with Gasteiger partial charge >= 0.3 is 0 Å². The molecule has 0 bridgehead atoms. The van der Waals surface area contributed by atoms with E-state index in [1.54, 1.807) is 6.07 Å². The molecule has 2 N–H and O–H groups in total. The van der Waals surface area contributed by atoms with Gasteiger partial charge in [-0.3, -0.25) is 20.4 Å². The number of benzene rings is 2. The Morgan fingerprint density at radius 2 is 1.70 bits per heavy atom. The lowest BCUT2D eigenvalue weighted by atomic mass is 10.2. The highest BCUT2D eigenvalue weighted by Crippen LogP contribution is 2.28. The van der Waals surface area contributed by atoms with Gasteiger partial charge in [0.25, 0.3) is 11.8 Å². The standard InChI is InChI=1S/C19H21FN2O5/c1-4-9-27-16-8-5-12(10-17(16)26-3)18(23)21-22-19(24)14-7-6-13(25-2)11-15(14)20/h5-8,10-11H,4,9H2,1-3H3,(H,21,23)(H,22,24). The Labute approximate surface area is 156 Å². The van der Waals surface area contributed by atoms with Crippen molar-refractivity contribution < 1.29 is 28.2 Å². The summed E-state index contributed by atoms with van der Waals surface area (Å²) in [6.45, 7) is 2.49. The Kier molecular flexibility index (Phi) is 6.99. The third kappa shape index (κ3) is 5.10. The molecule has 0 saturated carbocycles. The molecule has 0 aromatic heterocycles. The number of rotatable bonds is 7. The van der Waals surface area contributed by atoms with Crippen molar-refractivity contribution in [3.63, 3.8) is 0 Å². The van der Waals surface area contributed by atoms with Crippen LogP contribution < -0.4 is 25.1 Å². The van der Waals surface area contributed by atoms with Crippen molar-refractivity contribution in [2.75, 3.05) is 20.8 Å². The van der Waals surface area contributed by atoms with E-state index in [4.69, 9.17) is 14.2 Å². The van der Waals surface area contributed by atoms with E-state index in [0.717, 1.165) is 12.5 Å². The molecule has 2 amide bonds. The van der Waals surface area contributed by atoms with E-state index in [1.807, 2.05) is 6.92 Å². The zero-order chi connectivity index (χ0) is 19.8. The lowest BCUT2D eigenvalue weighted by Gasteiger charge is -2.12. The number of carbonyl (C=O) groups is 2. The van der Waals surface area contributed by atoms with Gasteiger partial charge in [-0.05, 0) is 36.8 Å². The first kappa shape index (κ1) is 20.0. The molecule has 7 nitrogen and oxygen atoms in total. The molecule has 0 heterocycles. The van der Waals surface area contributed by atoms with E-state index in [0.29, 0.717) is 18.1 Å². The molecular formula is C19H21FN2O5. The number of amides is 2. The van der Waals surface area contributed by atoms with Crippen LogP contribution in [0.25, 0.3) is 0 Å². The van der Waals surface area contributed by atoms with Gasteiger partial charge < -0.3 is 14.2 Å². The van der Waals surface area contributed by atoms with E-state index in [9.17, 15) is 14.0 Å². The molecule has 2 aromatic rings. The monoisotopic (exact) mass is 376 g/mol. The van der Waals surface area contributed by atoms with Crippen LogP contribution in [0, 0.1) is 5.82 Å². The number of carbonyl (C=O) groups excluding carboxylic acids is 2. The third-order valence-electron chi connectivity index (χ3n) is 3.60. The number of methoxy groups -OCH3 is 2. The van der Waals surface area contributed by atoms with Gasteiger partial charge in [0.2, 0.25) is 0 Å². The summed E-state index contributed by atoms with van der Waals surface area (Å²) in [6, 6.07) is 8.41. The minimum Gasteiger partial charge on any atom is -0.497 e. The highest BCUT2D eigenvalue weighted by atomic mass is 19.1. The first-order valence-corrected chi connectivity index (χ1v) is 8.25. The summed E-state index contributed by atoms with van der Waals surface area (Å²) >= 11 is 0. The molecule has 2 aromatic carbocycles. The molecule has 0 saturated heterocycles. The first-order valence-electron chi connectivity index (χ1n) is 8.25. The van der Waals surface area contributed by atoms with Crippen molar-refractivity contribution in [3.05, 3.63) is 53.3 Å². The average Bonchev–Trinajstić information content (AvgIpc) is 2.69. The Morgan fingerprint density at radius 1 is 0.963 bits per heavy atom. The van der Waals surface area contributed by atoms with E-state index in [2.05, 4.69) is 10.9 Å². The van der Waals surface area contributed by atoms with Gasteiger partial charge in [-0.2, -0.15) is 0 Å². The molecule has 0 fully saturated rings. The van der Waals surface area contributed by atoms with E-state index < -0.39 is 17.6 Å². The fourth-order valence-corrected chi connectivity index (χ4v) is 2.20. The zero-order valence-electron chi connectivity index (χ0n) is 15.3. The van der Waals surface area contributed by atoms with E-state index in [-0.39, 0.29) is 16.9 Å². The number of halogens is 1. The average molecular weight is 376 g/mol. The predicted molar refractivity (Wildman–Crippen MR) is 96.7 cm³/mol. The molecule has 0 aliphatic rings. The highest BCUT2D eigenvalue weighted by molar-refractivity contribution is 5.99. The fraction of sp³-hybridized carbons (Fsp3) is 0.263. The quantitative estimate of drug-likeness (QED) is 0.726. The lowest BCUT2D eigenvalue weighted by Crippen LogP contribution is -2.41. The molecular weight excluding hydrogens is 355 g/mol. The van der Waals surface area contributed by atoms with Crippen LogP contribution in [0.2, 0.25) is 0 Å². The van der Waals surface area contributed by atoms with Crippen molar-refractivity contribution in [3.8, 4) is 17.2 Å². The van der Waals surface area contributed by atoms with Crippen molar-refractivity contribution >= 4 is 11.8 Å². The SMILES string of the molecule is CCCOc1ccc(C(=O)NNC(=O)c2ccc(OC)cc2F)cc1OC.